The van der Waals surface area contributed by atoms with Crippen LogP contribution in [0.1, 0.15) is 38.5 Å². The van der Waals surface area contributed by atoms with Gasteiger partial charge in [0.15, 0.2) is 0 Å². The van der Waals surface area contributed by atoms with Gasteiger partial charge in [0.05, 0.1) is 0 Å². The molecule has 0 amide bonds. The largest absolute Gasteiger partial charge is 0.0530 e. The second-order valence-electron chi connectivity index (χ2n) is 3.38. The Balaban J connectivity index is 1.92. The van der Waals surface area contributed by atoms with Crippen LogP contribution in [-0.2, 0) is 0 Å². The molecule has 0 heterocycles. The van der Waals surface area contributed by atoms with Gasteiger partial charge in [-0.15, -0.1) is 0 Å². The predicted molar refractivity (Wildman–Crippen MR) is 34.7 cm³/mol. The second-order valence-corrected chi connectivity index (χ2v) is 3.38. The first-order valence-electron chi connectivity index (χ1n) is 3.97. The van der Waals surface area contributed by atoms with E-state index in [2.05, 4.69) is 0 Å². The Labute approximate surface area is 51.3 Å². The van der Waals surface area contributed by atoms with Crippen LogP contribution in [0.15, 0.2) is 0 Å². The molecule has 0 aliphatic heterocycles. The van der Waals surface area contributed by atoms with Crippen LogP contribution in [0.3, 0.4) is 0 Å². The van der Waals surface area contributed by atoms with E-state index in [1.54, 1.807) is 25.7 Å². The van der Waals surface area contributed by atoms with Gasteiger partial charge in [-0.05, 0) is 24.7 Å². The molecule has 46 valence electrons. The average molecular weight is 110 g/mol. The first-order chi connectivity index (χ1) is 3.97. The van der Waals surface area contributed by atoms with E-state index in [-0.39, 0.29) is 0 Å². The Morgan fingerprint density at radius 2 is 1.12 bits per heavy atom. The molecule has 0 heteroatoms. The van der Waals surface area contributed by atoms with Gasteiger partial charge < -0.3 is 0 Å². The normalized spacial score (nSPS) is 45.0. The third-order valence-electron chi connectivity index (χ3n) is 2.97. The minimum Gasteiger partial charge on any atom is -0.0530 e. The van der Waals surface area contributed by atoms with E-state index in [0.717, 1.165) is 0 Å². The maximum Gasteiger partial charge on any atom is -0.0386 e. The molecule has 2 aliphatic carbocycles. The first kappa shape index (κ1) is 4.84. The SMILES string of the molecule is C1CCC2CCC2C1. The molecule has 0 bridgehead atoms. The van der Waals surface area contributed by atoms with Crippen LogP contribution < -0.4 is 0 Å². The van der Waals surface area contributed by atoms with Gasteiger partial charge >= 0.3 is 0 Å². The fraction of sp³-hybridized carbons (Fsp3) is 1.00. The fourth-order valence-corrected chi connectivity index (χ4v) is 2.21. The molecule has 0 radical (unpaired) electrons. The molecule has 2 saturated carbocycles. The van der Waals surface area contributed by atoms with E-state index in [0.29, 0.717) is 0 Å². The molecule has 0 saturated heterocycles. The molecule has 0 nitrogen and oxygen atoms in total. The van der Waals surface area contributed by atoms with Crippen molar-refractivity contribution in [2.45, 2.75) is 38.5 Å². The monoisotopic (exact) mass is 110 g/mol. The van der Waals surface area contributed by atoms with Crippen LogP contribution in [0.5, 0.6) is 0 Å². The van der Waals surface area contributed by atoms with Crippen molar-refractivity contribution in [3.05, 3.63) is 0 Å². The second kappa shape index (κ2) is 1.75. The van der Waals surface area contributed by atoms with Gasteiger partial charge in [0.2, 0.25) is 0 Å². The van der Waals surface area contributed by atoms with Crippen molar-refractivity contribution in [3.63, 3.8) is 0 Å². The molecule has 0 spiro atoms. The van der Waals surface area contributed by atoms with Crippen molar-refractivity contribution in [2.24, 2.45) is 11.8 Å². The summed E-state index contributed by atoms with van der Waals surface area (Å²) < 4.78 is 0. The Kier molecular flexibility index (Phi) is 1.06. The zero-order chi connectivity index (χ0) is 5.40. The zero-order valence-corrected chi connectivity index (χ0v) is 5.40. The quantitative estimate of drug-likeness (QED) is 0.449. The van der Waals surface area contributed by atoms with Gasteiger partial charge in [-0.25, -0.2) is 0 Å². The molecule has 0 aromatic rings. The molecule has 0 aromatic carbocycles. The molecule has 2 atom stereocenters. The summed E-state index contributed by atoms with van der Waals surface area (Å²) in [6.07, 6.45) is 9.30. The van der Waals surface area contributed by atoms with Gasteiger partial charge in [0.25, 0.3) is 0 Å². The van der Waals surface area contributed by atoms with E-state index >= 15 is 0 Å². The lowest BCUT2D eigenvalue weighted by atomic mass is 9.66. The van der Waals surface area contributed by atoms with Crippen molar-refractivity contribution in [1.82, 2.24) is 0 Å². The lowest BCUT2D eigenvalue weighted by Crippen LogP contribution is -2.28. The van der Waals surface area contributed by atoms with E-state index < -0.39 is 0 Å². The van der Waals surface area contributed by atoms with E-state index in [1.165, 1.54) is 24.7 Å². The summed E-state index contributed by atoms with van der Waals surface area (Å²) in [5.41, 5.74) is 0. The standard InChI is InChI=1S/C8H14/c1-2-4-8-6-5-7(8)3-1/h7-8H,1-6H2. The Morgan fingerprint density at radius 3 is 1.38 bits per heavy atom. The number of hydrogen-bond acceptors (Lipinski definition) is 0. The maximum atomic E-state index is 1.56. The summed E-state index contributed by atoms with van der Waals surface area (Å²) in [6.45, 7) is 0. The Morgan fingerprint density at radius 1 is 0.625 bits per heavy atom. The molecule has 0 N–H and O–H groups in total. The molecule has 2 unspecified atom stereocenters. The highest BCUT2D eigenvalue weighted by molar-refractivity contribution is 4.83. The highest BCUT2D eigenvalue weighted by Gasteiger charge is 2.31. The molecule has 8 heavy (non-hydrogen) atoms. The van der Waals surface area contributed by atoms with E-state index in [9.17, 15) is 0 Å². The summed E-state index contributed by atoms with van der Waals surface area (Å²) >= 11 is 0. The van der Waals surface area contributed by atoms with E-state index in [1.807, 2.05) is 0 Å². The third-order valence-corrected chi connectivity index (χ3v) is 2.97. The summed E-state index contributed by atoms with van der Waals surface area (Å²) in [5, 5.41) is 0. The van der Waals surface area contributed by atoms with Crippen LogP contribution in [0, 0.1) is 11.8 Å². The Hall–Kier alpha value is 0. The van der Waals surface area contributed by atoms with Crippen molar-refractivity contribution in [1.29, 1.82) is 0 Å². The zero-order valence-electron chi connectivity index (χ0n) is 5.40. The van der Waals surface area contributed by atoms with Gasteiger partial charge in [-0.1, -0.05) is 25.7 Å². The van der Waals surface area contributed by atoms with Crippen LogP contribution >= 0.6 is 0 Å². The highest BCUT2D eigenvalue weighted by Crippen LogP contribution is 2.44. The molecule has 2 fully saturated rings. The maximum absolute atomic E-state index is 1.56. The average Bonchev–Trinajstić information content (AvgIpc) is 1.72. The first-order valence-corrected chi connectivity index (χ1v) is 3.97. The summed E-state index contributed by atoms with van der Waals surface area (Å²) in [4.78, 5) is 0. The number of hydrogen-bond donors (Lipinski definition) is 0. The smallest absolute Gasteiger partial charge is 0.0386 e. The van der Waals surface area contributed by atoms with Crippen LogP contribution in [0.2, 0.25) is 0 Å². The fourth-order valence-electron chi connectivity index (χ4n) is 2.21. The van der Waals surface area contributed by atoms with Crippen LogP contribution in [-0.4, -0.2) is 0 Å². The number of fused-ring (bicyclic) bond motifs is 1. The molecule has 0 aromatic heterocycles. The number of rotatable bonds is 0. The van der Waals surface area contributed by atoms with E-state index in [4.69, 9.17) is 0 Å². The summed E-state index contributed by atoms with van der Waals surface area (Å²) in [7, 11) is 0. The van der Waals surface area contributed by atoms with Crippen molar-refractivity contribution in [3.8, 4) is 0 Å². The topological polar surface area (TPSA) is 0 Å². The molecule has 2 rings (SSSR count). The van der Waals surface area contributed by atoms with Gasteiger partial charge in [0.1, 0.15) is 0 Å². The minimum absolute atomic E-state index is 1.18. The van der Waals surface area contributed by atoms with Crippen molar-refractivity contribution in [2.75, 3.05) is 0 Å². The third kappa shape index (κ3) is 0.586. The van der Waals surface area contributed by atoms with Gasteiger partial charge in [0, 0.05) is 0 Å². The van der Waals surface area contributed by atoms with Gasteiger partial charge in [-0.2, -0.15) is 0 Å². The van der Waals surface area contributed by atoms with Crippen molar-refractivity contribution >= 4 is 0 Å². The highest BCUT2D eigenvalue weighted by atomic mass is 14.4. The lowest BCUT2D eigenvalue weighted by Gasteiger charge is -2.40. The predicted octanol–water partition coefficient (Wildman–Crippen LogP) is 2.59. The molecular weight excluding hydrogens is 96.1 g/mol. The summed E-state index contributed by atoms with van der Waals surface area (Å²) in [5.74, 6) is 2.37. The Bertz CT molecular complexity index is 74.0. The lowest BCUT2D eigenvalue weighted by molar-refractivity contribution is 0.115. The summed E-state index contributed by atoms with van der Waals surface area (Å²) in [6, 6.07) is 0. The van der Waals surface area contributed by atoms with Gasteiger partial charge in [-0.3, -0.25) is 0 Å². The molecular formula is C8H14. The molecule has 2 aliphatic rings. The van der Waals surface area contributed by atoms with Crippen molar-refractivity contribution < 1.29 is 0 Å². The van der Waals surface area contributed by atoms with Crippen LogP contribution in [0.25, 0.3) is 0 Å². The van der Waals surface area contributed by atoms with Crippen LogP contribution in [0.4, 0.5) is 0 Å². The minimum atomic E-state index is 1.18.